The molecule has 0 aromatic heterocycles. The second-order valence-electron chi connectivity index (χ2n) is 9.34. The molecular formula is C33H32LiNO3S. The van der Waals surface area contributed by atoms with Gasteiger partial charge in [-0.1, -0.05) is 91.0 Å². The quantitative estimate of drug-likeness (QED) is 0.304. The summed E-state index contributed by atoms with van der Waals surface area (Å²) in [6.07, 6.45) is 3.88. The Morgan fingerprint density at radius 2 is 1.49 bits per heavy atom. The van der Waals surface area contributed by atoms with Crippen molar-refractivity contribution in [2.75, 3.05) is 12.0 Å². The largest absolute Gasteiger partial charge is 1.00 e. The molecule has 0 aliphatic rings. The number of hydrogen-bond acceptors (Lipinski definition) is 4. The van der Waals surface area contributed by atoms with Crippen molar-refractivity contribution >= 4 is 23.6 Å². The fourth-order valence-corrected chi connectivity index (χ4v) is 5.15. The molecule has 0 fully saturated rings. The zero-order valence-corrected chi connectivity index (χ0v) is 23.6. The maximum Gasteiger partial charge on any atom is 1.00 e. The third kappa shape index (κ3) is 7.89. The number of thioether (sulfide) groups is 1. The maximum absolute atomic E-state index is 13.3. The molecule has 0 unspecified atom stereocenters. The van der Waals surface area contributed by atoms with Crippen molar-refractivity contribution in [2.45, 2.75) is 32.2 Å². The van der Waals surface area contributed by atoms with Crippen LogP contribution in [0, 0.1) is 6.92 Å². The summed E-state index contributed by atoms with van der Waals surface area (Å²) in [5, 5.41) is 14.3. The van der Waals surface area contributed by atoms with Crippen LogP contribution in [0.3, 0.4) is 0 Å². The molecule has 0 saturated heterocycles. The van der Waals surface area contributed by atoms with Crippen molar-refractivity contribution < 1.29 is 33.6 Å². The Labute approximate surface area is 247 Å². The van der Waals surface area contributed by atoms with E-state index in [1.165, 1.54) is 28.5 Å². The Hall–Kier alpha value is -3.23. The predicted octanol–water partition coefficient (Wildman–Crippen LogP) is 2.72. The smallest absolute Gasteiger partial charge is 0.548 e. The molecule has 0 aliphatic carbocycles. The fraction of sp³-hybridized carbons (Fsp3) is 0.212. The molecule has 194 valence electrons. The van der Waals surface area contributed by atoms with Gasteiger partial charge < -0.3 is 15.2 Å². The topological polar surface area (TPSA) is 69.2 Å². The molecule has 6 heteroatoms. The molecule has 1 N–H and O–H groups in total. The number of carbonyl (C=O) groups is 2. The van der Waals surface area contributed by atoms with E-state index in [0.717, 1.165) is 35.1 Å². The van der Waals surface area contributed by atoms with E-state index in [9.17, 15) is 14.7 Å². The van der Waals surface area contributed by atoms with Crippen molar-refractivity contribution in [1.29, 1.82) is 0 Å². The van der Waals surface area contributed by atoms with Crippen LogP contribution in [0.4, 0.5) is 0 Å². The van der Waals surface area contributed by atoms with E-state index in [1.807, 2.05) is 55.6 Å². The first kappa shape index (κ1) is 30.3. The van der Waals surface area contributed by atoms with Gasteiger partial charge in [0.25, 0.3) is 5.91 Å². The first-order valence-electron chi connectivity index (χ1n) is 12.8. The molecule has 0 radical (unpaired) electrons. The minimum atomic E-state index is -1.27. The Bertz CT molecular complexity index is 1410. The molecule has 0 aliphatic heterocycles. The van der Waals surface area contributed by atoms with E-state index in [1.54, 1.807) is 0 Å². The van der Waals surface area contributed by atoms with Gasteiger partial charge in [0.1, 0.15) is 0 Å². The van der Waals surface area contributed by atoms with Crippen LogP contribution in [0.15, 0.2) is 97.1 Å². The summed E-state index contributed by atoms with van der Waals surface area (Å²) >= 11 is 1.53. The molecule has 4 aromatic carbocycles. The standard InChI is InChI=1S/C33H33NO3S.Li/c1-23-10-6-8-14-27(23)30-22-24(17-19-29(30)32(35)34-31(33(36)37)20-21-38-2)16-18-26-13-7-9-15-28(26)25-11-4-3-5-12-25;/h3-15,17,19,22,31H,16,18,20-21H2,1-2H3,(H,34,35)(H,36,37);/q;+1/p-1/t31-;/m0./s1. The summed E-state index contributed by atoms with van der Waals surface area (Å²) in [4.78, 5) is 25.0. The number of rotatable bonds is 11. The Morgan fingerprint density at radius 1 is 0.821 bits per heavy atom. The molecule has 0 spiro atoms. The van der Waals surface area contributed by atoms with Gasteiger partial charge in [-0.15, -0.1) is 0 Å². The van der Waals surface area contributed by atoms with Crippen LogP contribution in [0.5, 0.6) is 0 Å². The number of nitrogens with one attached hydrogen (secondary N) is 1. The molecule has 4 nitrogen and oxygen atoms in total. The molecular weight excluding hydrogens is 497 g/mol. The molecule has 0 saturated carbocycles. The number of carboxylic acids is 1. The van der Waals surface area contributed by atoms with Crippen molar-refractivity contribution in [3.05, 3.63) is 119 Å². The number of benzene rings is 4. The minimum Gasteiger partial charge on any atom is -0.548 e. The molecule has 0 heterocycles. The van der Waals surface area contributed by atoms with E-state index in [0.29, 0.717) is 17.7 Å². The average Bonchev–Trinajstić information content (AvgIpc) is 2.94. The van der Waals surface area contributed by atoms with Crippen LogP contribution in [0.25, 0.3) is 22.3 Å². The minimum absolute atomic E-state index is 0. The SMILES string of the molecule is CSCC[C@H](NC(=O)c1ccc(CCc2ccccc2-c2ccccc2)cc1-c1ccccc1C)C(=O)[O-].[Li+]. The number of hydrogen-bond donors (Lipinski definition) is 1. The van der Waals surface area contributed by atoms with Crippen LogP contribution in [0.2, 0.25) is 0 Å². The second kappa shape index (κ2) is 14.8. The summed E-state index contributed by atoms with van der Waals surface area (Å²) in [5.74, 6) is -1.05. The summed E-state index contributed by atoms with van der Waals surface area (Å²) in [6.45, 7) is 2.02. The predicted molar refractivity (Wildman–Crippen MR) is 155 cm³/mol. The van der Waals surface area contributed by atoms with E-state index < -0.39 is 17.9 Å². The van der Waals surface area contributed by atoms with Gasteiger partial charge >= 0.3 is 18.9 Å². The molecule has 4 rings (SSSR count). The molecule has 4 aromatic rings. The van der Waals surface area contributed by atoms with Gasteiger partial charge in [0, 0.05) is 5.56 Å². The monoisotopic (exact) mass is 529 g/mol. The summed E-state index contributed by atoms with van der Waals surface area (Å²) in [7, 11) is 0. The zero-order chi connectivity index (χ0) is 26.9. The van der Waals surface area contributed by atoms with Crippen LogP contribution in [-0.2, 0) is 17.6 Å². The summed E-state index contributed by atoms with van der Waals surface area (Å²) in [5.41, 5.74) is 8.07. The number of aryl methyl sites for hydroxylation is 3. The number of aliphatic carboxylic acids is 1. The Balaban J connectivity index is 0.00000420. The molecule has 0 bridgehead atoms. The first-order chi connectivity index (χ1) is 18.5. The van der Waals surface area contributed by atoms with Gasteiger partial charge in [-0.25, -0.2) is 0 Å². The van der Waals surface area contributed by atoms with Crippen LogP contribution in [0.1, 0.15) is 33.5 Å². The Kier molecular flexibility index (Phi) is 11.5. The second-order valence-corrected chi connectivity index (χ2v) is 10.3. The Morgan fingerprint density at radius 3 is 2.18 bits per heavy atom. The average molecular weight is 530 g/mol. The van der Waals surface area contributed by atoms with E-state index in [2.05, 4.69) is 59.9 Å². The van der Waals surface area contributed by atoms with Crippen LogP contribution < -0.4 is 29.3 Å². The van der Waals surface area contributed by atoms with Gasteiger partial charge in [-0.05, 0) is 83.2 Å². The fourth-order valence-electron chi connectivity index (χ4n) is 4.68. The number of amides is 1. The van der Waals surface area contributed by atoms with E-state index in [-0.39, 0.29) is 18.9 Å². The van der Waals surface area contributed by atoms with Gasteiger partial charge in [-0.3, -0.25) is 4.79 Å². The first-order valence-corrected chi connectivity index (χ1v) is 14.2. The van der Waals surface area contributed by atoms with Crippen LogP contribution >= 0.6 is 11.8 Å². The van der Waals surface area contributed by atoms with Crippen molar-refractivity contribution in [3.63, 3.8) is 0 Å². The molecule has 39 heavy (non-hydrogen) atoms. The van der Waals surface area contributed by atoms with E-state index >= 15 is 0 Å². The third-order valence-corrected chi connectivity index (χ3v) is 7.39. The normalized spacial score (nSPS) is 11.3. The van der Waals surface area contributed by atoms with Crippen molar-refractivity contribution in [2.24, 2.45) is 0 Å². The number of carbonyl (C=O) groups excluding carboxylic acids is 2. The maximum atomic E-state index is 13.3. The zero-order valence-electron chi connectivity index (χ0n) is 22.8. The van der Waals surface area contributed by atoms with Crippen LogP contribution in [-0.4, -0.2) is 29.9 Å². The van der Waals surface area contributed by atoms with Gasteiger partial charge in [-0.2, -0.15) is 11.8 Å². The number of carboxylic acid groups (broad SMARTS) is 1. The molecule has 1 amide bonds. The van der Waals surface area contributed by atoms with Gasteiger partial charge in [0.05, 0.1) is 12.0 Å². The van der Waals surface area contributed by atoms with Crippen molar-refractivity contribution in [3.8, 4) is 22.3 Å². The van der Waals surface area contributed by atoms with E-state index in [4.69, 9.17) is 0 Å². The summed E-state index contributed by atoms with van der Waals surface area (Å²) < 4.78 is 0. The van der Waals surface area contributed by atoms with Crippen molar-refractivity contribution in [1.82, 2.24) is 5.32 Å². The van der Waals surface area contributed by atoms with Gasteiger partial charge in [0.15, 0.2) is 0 Å². The summed E-state index contributed by atoms with van der Waals surface area (Å²) in [6, 6.07) is 31.6. The third-order valence-electron chi connectivity index (χ3n) is 6.75. The van der Waals surface area contributed by atoms with Gasteiger partial charge in [0.2, 0.25) is 0 Å². The molecule has 1 atom stereocenters.